The van der Waals surface area contributed by atoms with E-state index in [1.165, 1.54) is 12.1 Å². The molecule has 2 aromatic rings. The minimum atomic E-state index is -0.392. The first-order valence-electron chi connectivity index (χ1n) is 9.67. The maximum absolute atomic E-state index is 12.3. The third-order valence-corrected chi connectivity index (χ3v) is 5.11. The van der Waals surface area contributed by atoms with Crippen LogP contribution in [0.2, 0.25) is 0 Å². The Morgan fingerprint density at radius 3 is 2.21 bits per heavy atom. The molecule has 1 aliphatic rings. The van der Waals surface area contributed by atoms with Crippen LogP contribution >= 0.6 is 0 Å². The van der Waals surface area contributed by atoms with Crippen LogP contribution in [0, 0.1) is 10.1 Å². The van der Waals surface area contributed by atoms with Crippen LogP contribution in [0.15, 0.2) is 48.5 Å². The first kappa shape index (κ1) is 20.6. The fourth-order valence-corrected chi connectivity index (χ4v) is 3.32. The van der Waals surface area contributed by atoms with Crippen molar-refractivity contribution in [2.24, 2.45) is 0 Å². The van der Waals surface area contributed by atoms with Crippen molar-refractivity contribution in [3.8, 4) is 0 Å². The van der Waals surface area contributed by atoms with Gasteiger partial charge in [-0.3, -0.25) is 19.8 Å². The van der Waals surface area contributed by atoms with Crippen LogP contribution in [0.4, 0.5) is 17.1 Å². The van der Waals surface area contributed by atoms with E-state index < -0.39 is 4.92 Å². The van der Waals surface area contributed by atoms with E-state index in [0.29, 0.717) is 13.1 Å². The van der Waals surface area contributed by atoms with Gasteiger partial charge in [0.2, 0.25) is 5.91 Å². The standard InChI is InChI=1S/C21H27N5O3/c1-23(2)18-5-3-17(4-6-18)15-22-21(27)16-24-11-13-25(14-12-24)19-7-9-20(10-8-19)26(28)29/h3-10H,11-16H2,1-2H3,(H,22,27). The van der Waals surface area contributed by atoms with Crippen LogP contribution in [0.3, 0.4) is 0 Å². The zero-order valence-electron chi connectivity index (χ0n) is 16.9. The molecule has 1 aliphatic heterocycles. The second kappa shape index (κ2) is 9.38. The average Bonchev–Trinajstić information content (AvgIpc) is 2.73. The lowest BCUT2D eigenvalue weighted by atomic mass is 10.2. The number of non-ortho nitro benzene ring substituents is 1. The molecule has 1 saturated heterocycles. The summed E-state index contributed by atoms with van der Waals surface area (Å²) in [5, 5.41) is 13.7. The topological polar surface area (TPSA) is 82.0 Å². The number of hydrogen-bond acceptors (Lipinski definition) is 6. The second-order valence-corrected chi connectivity index (χ2v) is 7.37. The maximum atomic E-state index is 12.3. The summed E-state index contributed by atoms with van der Waals surface area (Å²) in [5.41, 5.74) is 3.28. The first-order valence-corrected chi connectivity index (χ1v) is 9.67. The molecule has 0 spiro atoms. The Bertz CT molecular complexity index is 828. The molecule has 0 saturated carbocycles. The lowest BCUT2D eigenvalue weighted by Crippen LogP contribution is -2.49. The number of amides is 1. The van der Waals surface area contributed by atoms with Gasteiger partial charge < -0.3 is 15.1 Å². The van der Waals surface area contributed by atoms with Gasteiger partial charge in [-0.15, -0.1) is 0 Å². The lowest BCUT2D eigenvalue weighted by Gasteiger charge is -2.35. The summed E-state index contributed by atoms with van der Waals surface area (Å²) in [7, 11) is 4.00. The number of nitrogens with one attached hydrogen (secondary N) is 1. The van der Waals surface area contributed by atoms with Gasteiger partial charge in [-0.1, -0.05) is 12.1 Å². The number of benzene rings is 2. The number of nitro groups is 1. The van der Waals surface area contributed by atoms with Gasteiger partial charge in [-0.25, -0.2) is 0 Å². The van der Waals surface area contributed by atoms with Crippen LogP contribution in [0.5, 0.6) is 0 Å². The van der Waals surface area contributed by atoms with Crippen molar-refractivity contribution in [3.05, 3.63) is 64.2 Å². The van der Waals surface area contributed by atoms with E-state index >= 15 is 0 Å². The summed E-state index contributed by atoms with van der Waals surface area (Å²) in [5.74, 6) is 0.0190. The molecule has 3 rings (SSSR count). The van der Waals surface area contributed by atoms with E-state index in [1.54, 1.807) is 12.1 Å². The molecule has 8 nitrogen and oxygen atoms in total. The van der Waals surface area contributed by atoms with E-state index in [1.807, 2.05) is 43.3 Å². The summed E-state index contributed by atoms with van der Waals surface area (Å²) >= 11 is 0. The van der Waals surface area contributed by atoms with Gasteiger partial charge in [0.1, 0.15) is 0 Å². The van der Waals surface area contributed by atoms with E-state index in [-0.39, 0.29) is 11.6 Å². The van der Waals surface area contributed by atoms with Crippen LogP contribution < -0.4 is 15.1 Å². The van der Waals surface area contributed by atoms with Gasteiger partial charge >= 0.3 is 0 Å². The van der Waals surface area contributed by atoms with Gasteiger partial charge in [0, 0.05) is 70.3 Å². The van der Waals surface area contributed by atoms with E-state index in [4.69, 9.17) is 0 Å². The van der Waals surface area contributed by atoms with Gasteiger partial charge in [0.15, 0.2) is 0 Å². The molecule has 0 bridgehead atoms. The molecule has 1 fully saturated rings. The normalized spacial score (nSPS) is 14.5. The number of nitrogens with zero attached hydrogens (tertiary/aromatic N) is 4. The number of anilines is 2. The van der Waals surface area contributed by atoms with Crippen LogP contribution in [0.25, 0.3) is 0 Å². The summed E-state index contributed by atoms with van der Waals surface area (Å²) in [6, 6.07) is 14.7. The molecule has 1 N–H and O–H groups in total. The summed E-state index contributed by atoms with van der Waals surface area (Å²) in [4.78, 5) is 29.0. The van der Waals surface area contributed by atoms with Gasteiger partial charge in [-0.2, -0.15) is 0 Å². The molecule has 1 heterocycles. The number of nitro benzene ring substituents is 1. The second-order valence-electron chi connectivity index (χ2n) is 7.37. The molecule has 0 unspecified atom stereocenters. The lowest BCUT2D eigenvalue weighted by molar-refractivity contribution is -0.384. The number of carbonyl (C=O) groups is 1. The first-order chi connectivity index (χ1) is 13.9. The Labute approximate surface area is 170 Å². The van der Waals surface area contributed by atoms with E-state index in [9.17, 15) is 14.9 Å². The quantitative estimate of drug-likeness (QED) is 0.569. The van der Waals surface area contributed by atoms with Gasteiger partial charge in [0.05, 0.1) is 11.5 Å². The monoisotopic (exact) mass is 397 g/mol. The highest BCUT2D eigenvalue weighted by molar-refractivity contribution is 5.78. The highest BCUT2D eigenvalue weighted by Gasteiger charge is 2.19. The largest absolute Gasteiger partial charge is 0.378 e. The van der Waals surface area contributed by atoms with Crippen molar-refractivity contribution in [1.82, 2.24) is 10.2 Å². The van der Waals surface area contributed by atoms with Crippen molar-refractivity contribution in [3.63, 3.8) is 0 Å². The van der Waals surface area contributed by atoms with Crippen molar-refractivity contribution in [2.75, 3.05) is 56.6 Å². The molecule has 2 aromatic carbocycles. The third kappa shape index (κ3) is 5.68. The SMILES string of the molecule is CN(C)c1ccc(CNC(=O)CN2CCN(c3ccc([N+](=O)[O-])cc3)CC2)cc1. The molecule has 0 atom stereocenters. The zero-order valence-corrected chi connectivity index (χ0v) is 16.9. The highest BCUT2D eigenvalue weighted by atomic mass is 16.6. The number of rotatable bonds is 7. The Balaban J connectivity index is 1.41. The van der Waals surface area contributed by atoms with E-state index in [2.05, 4.69) is 15.1 Å². The smallest absolute Gasteiger partial charge is 0.269 e. The summed E-state index contributed by atoms with van der Waals surface area (Å²) < 4.78 is 0. The van der Waals surface area contributed by atoms with Gasteiger partial charge in [-0.05, 0) is 29.8 Å². The Morgan fingerprint density at radius 1 is 1.03 bits per heavy atom. The predicted octanol–water partition coefficient (Wildman–Crippen LogP) is 2.10. The summed E-state index contributed by atoms with van der Waals surface area (Å²) in [6.07, 6.45) is 0. The van der Waals surface area contributed by atoms with Gasteiger partial charge in [0.25, 0.3) is 5.69 Å². The van der Waals surface area contributed by atoms with Crippen molar-refractivity contribution in [1.29, 1.82) is 0 Å². The molecular weight excluding hydrogens is 370 g/mol. The molecule has 0 aliphatic carbocycles. The number of piperazine rings is 1. The summed E-state index contributed by atoms with van der Waals surface area (Å²) in [6.45, 7) is 4.04. The molecule has 8 heteroatoms. The molecular formula is C21H27N5O3. The fourth-order valence-electron chi connectivity index (χ4n) is 3.32. The molecule has 154 valence electrons. The van der Waals surface area contributed by atoms with Crippen molar-refractivity contribution >= 4 is 23.0 Å². The number of hydrogen-bond donors (Lipinski definition) is 1. The van der Waals surface area contributed by atoms with Crippen LogP contribution in [-0.4, -0.2) is 62.5 Å². The molecule has 29 heavy (non-hydrogen) atoms. The Kier molecular flexibility index (Phi) is 6.66. The maximum Gasteiger partial charge on any atom is 0.269 e. The average molecular weight is 397 g/mol. The molecule has 1 amide bonds. The molecule has 0 radical (unpaired) electrons. The molecule has 0 aromatic heterocycles. The Hall–Kier alpha value is -3.13. The zero-order chi connectivity index (χ0) is 20.8. The Morgan fingerprint density at radius 2 is 1.66 bits per heavy atom. The van der Waals surface area contributed by atoms with Crippen LogP contribution in [0.1, 0.15) is 5.56 Å². The minimum absolute atomic E-state index is 0.0190. The number of carbonyl (C=O) groups excluding carboxylic acids is 1. The third-order valence-electron chi connectivity index (χ3n) is 5.11. The van der Waals surface area contributed by atoms with E-state index in [0.717, 1.165) is 43.1 Å². The predicted molar refractivity (Wildman–Crippen MR) is 114 cm³/mol. The highest BCUT2D eigenvalue weighted by Crippen LogP contribution is 2.20. The van der Waals surface area contributed by atoms with Crippen molar-refractivity contribution in [2.45, 2.75) is 6.54 Å². The minimum Gasteiger partial charge on any atom is -0.378 e. The van der Waals surface area contributed by atoms with Crippen molar-refractivity contribution < 1.29 is 9.72 Å². The fraction of sp³-hybridized carbons (Fsp3) is 0.381. The van der Waals surface area contributed by atoms with Crippen LogP contribution in [-0.2, 0) is 11.3 Å².